The van der Waals surface area contributed by atoms with Gasteiger partial charge in [0.05, 0.1) is 6.26 Å². The lowest BCUT2D eigenvalue weighted by Crippen LogP contribution is -2.47. The Balaban J connectivity index is 1.37. The predicted octanol–water partition coefficient (Wildman–Crippen LogP) is 2.70. The van der Waals surface area contributed by atoms with Crippen molar-refractivity contribution in [2.24, 2.45) is 0 Å². The molecule has 2 heterocycles. The van der Waals surface area contributed by atoms with E-state index < -0.39 is 6.10 Å². The maximum absolute atomic E-state index is 10.0. The largest absolute Gasteiger partial charge is 0.467 e. The highest BCUT2D eigenvalue weighted by molar-refractivity contribution is 5.02. The molecule has 1 aromatic heterocycles. The first-order valence-corrected chi connectivity index (χ1v) is 8.52. The lowest BCUT2D eigenvalue weighted by Gasteiger charge is -2.39. The summed E-state index contributed by atoms with van der Waals surface area (Å²) in [4.78, 5) is 2.69. The Morgan fingerprint density at radius 1 is 1.19 bits per heavy atom. The van der Waals surface area contributed by atoms with Crippen LogP contribution >= 0.6 is 0 Å². The van der Waals surface area contributed by atoms with E-state index in [0.29, 0.717) is 18.3 Å². The van der Waals surface area contributed by atoms with Crippen LogP contribution in [-0.2, 0) is 0 Å². The van der Waals surface area contributed by atoms with Crippen LogP contribution in [0.15, 0.2) is 22.8 Å². The minimum absolute atomic E-state index is 0.531. The average molecular weight is 292 g/mol. The quantitative estimate of drug-likeness (QED) is 0.876. The fourth-order valence-electron chi connectivity index (χ4n) is 3.77. The standard InChI is InChI=1S/C17H28N2O2/c20-16(17-7-4-12-21-17)13-18-14-8-10-19(11-9-14)15-5-2-1-3-6-15/h4,7,12,14-16,18,20H,1-3,5-6,8-11,13H2. The van der Waals surface area contributed by atoms with Crippen LogP contribution in [0.2, 0.25) is 0 Å². The molecule has 1 unspecified atom stereocenters. The fraction of sp³-hybridized carbons (Fsp3) is 0.765. The highest BCUT2D eigenvalue weighted by Gasteiger charge is 2.26. The molecule has 0 radical (unpaired) electrons. The van der Waals surface area contributed by atoms with E-state index in [1.54, 1.807) is 6.26 Å². The van der Waals surface area contributed by atoms with Crippen molar-refractivity contribution in [1.82, 2.24) is 10.2 Å². The molecule has 1 saturated carbocycles. The molecule has 0 aromatic carbocycles. The van der Waals surface area contributed by atoms with Crippen molar-refractivity contribution in [2.75, 3.05) is 19.6 Å². The molecule has 1 aliphatic heterocycles. The van der Waals surface area contributed by atoms with Gasteiger partial charge in [0.25, 0.3) is 0 Å². The van der Waals surface area contributed by atoms with Gasteiger partial charge in [0.1, 0.15) is 11.9 Å². The van der Waals surface area contributed by atoms with Gasteiger partial charge in [-0.15, -0.1) is 0 Å². The average Bonchev–Trinajstić information content (AvgIpc) is 3.08. The van der Waals surface area contributed by atoms with Crippen molar-refractivity contribution in [3.05, 3.63) is 24.2 Å². The second kappa shape index (κ2) is 7.43. The normalized spacial score (nSPS) is 24.2. The zero-order valence-corrected chi connectivity index (χ0v) is 12.8. The molecule has 1 aromatic rings. The number of rotatable bonds is 5. The fourth-order valence-corrected chi connectivity index (χ4v) is 3.77. The van der Waals surface area contributed by atoms with E-state index >= 15 is 0 Å². The first kappa shape index (κ1) is 15.1. The first-order valence-electron chi connectivity index (χ1n) is 8.52. The molecule has 118 valence electrons. The molecule has 1 atom stereocenters. The van der Waals surface area contributed by atoms with Crippen LogP contribution < -0.4 is 5.32 Å². The van der Waals surface area contributed by atoms with Crippen LogP contribution in [0.5, 0.6) is 0 Å². The maximum atomic E-state index is 10.0. The SMILES string of the molecule is OC(CNC1CCN(C2CCCCC2)CC1)c1ccco1. The molecule has 1 aliphatic carbocycles. The molecule has 2 aliphatic rings. The summed E-state index contributed by atoms with van der Waals surface area (Å²) in [5.41, 5.74) is 0. The number of hydrogen-bond acceptors (Lipinski definition) is 4. The third kappa shape index (κ3) is 4.09. The van der Waals surface area contributed by atoms with Gasteiger partial charge in [-0.2, -0.15) is 0 Å². The molecular weight excluding hydrogens is 264 g/mol. The molecule has 2 N–H and O–H groups in total. The van der Waals surface area contributed by atoms with Crippen LogP contribution in [0.4, 0.5) is 0 Å². The van der Waals surface area contributed by atoms with Crippen molar-refractivity contribution in [3.8, 4) is 0 Å². The summed E-state index contributed by atoms with van der Waals surface area (Å²) in [6, 6.07) is 5.03. The minimum atomic E-state index is -0.531. The molecule has 21 heavy (non-hydrogen) atoms. The molecule has 1 saturated heterocycles. The predicted molar refractivity (Wildman–Crippen MR) is 83.1 cm³/mol. The number of likely N-dealkylation sites (tertiary alicyclic amines) is 1. The van der Waals surface area contributed by atoms with E-state index in [1.807, 2.05) is 12.1 Å². The Morgan fingerprint density at radius 3 is 2.62 bits per heavy atom. The van der Waals surface area contributed by atoms with Crippen LogP contribution in [0, 0.1) is 0 Å². The monoisotopic (exact) mass is 292 g/mol. The second-order valence-electron chi connectivity index (χ2n) is 6.54. The Morgan fingerprint density at radius 2 is 1.95 bits per heavy atom. The van der Waals surface area contributed by atoms with Crippen LogP contribution in [0.25, 0.3) is 0 Å². The third-order valence-corrected chi connectivity index (χ3v) is 5.09. The second-order valence-corrected chi connectivity index (χ2v) is 6.54. The number of aliphatic hydroxyl groups is 1. The van der Waals surface area contributed by atoms with Gasteiger partial charge in [-0.1, -0.05) is 19.3 Å². The summed E-state index contributed by atoms with van der Waals surface area (Å²) in [6.07, 6.45) is 10.5. The van der Waals surface area contributed by atoms with Crippen LogP contribution in [0.3, 0.4) is 0 Å². The van der Waals surface area contributed by atoms with Gasteiger partial charge in [0.15, 0.2) is 0 Å². The minimum Gasteiger partial charge on any atom is -0.467 e. The number of nitrogens with zero attached hydrogens (tertiary/aromatic N) is 1. The summed E-state index contributed by atoms with van der Waals surface area (Å²) >= 11 is 0. The van der Waals surface area contributed by atoms with E-state index in [0.717, 1.165) is 6.04 Å². The van der Waals surface area contributed by atoms with Crippen molar-refractivity contribution >= 4 is 0 Å². The maximum Gasteiger partial charge on any atom is 0.133 e. The van der Waals surface area contributed by atoms with E-state index in [1.165, 1.54) is 58.0 Å². The highest BCUT2D eigenvalue weighted by atomic mass is 16.4. The number of hydrogen-bond donors (Lipinski definition) is 2. The Labute approximate surface area is 127 Å². The Kier molecular flexibility index (Phi) is 5.33. The number of piperidine rings is 1. The topological polar surface area (TPSA) is 48.6 Å². The van der Waals surface area contributed by atoms with E-state index in [9.17, 15) is 5.11 Å². The van der Waals surface area contributed by atoms with Gasteiger partial charge in [0, 0.05) is 18.6 Å². The van der Waals surface area contributed by atoms with Crippen molar-refractivity contribution in [2.45, 2.75) is 63.1 Å². The summed E-state index contributed by atoms with van der Waals surface area (Å²) in [7, 11) is 0. The molecule has 0 spiro atoms. The number of aliphatic hydroxyl groups excluding tert-OH is 1. The summed E-state index contributed by atoms with van der Waals surface area (Å²) in [6.45, 7) is 3.00. The van der Waals surface area contributed by atoms with Crippen molar-refractivity contribution < 1.29 is 9.52 Å². The summed E-state index contributed by atoms with van der Waals surface area (Å²) in [5, 5.41) is 13.5. The van der Waals surface area contributed by atoms with Crippen LogP contribution in [-0.4, -0.2) is 41.7 Å². The molecule has 2 fully saturated rings. The van der Waals surface area contributed by atoms with Gasteiger partial charge < -0.3 is 19.7 Å². The van der Waals surface area contributed by atoms with E-state index in [4.69, 9.17) is 4.42 Å². The molecular formula is C17H28N2O2. The van der Waals surface area contributed by atoms with E-state index in [-0.39, 0.29) is 0 Å². The Bertz CT molecular complexity index is 393. The molecule has 0 bridgehead atoms. The Hall–Kier alpha value is -0.840. The third-order valence-electron chi connectivity index (χ3n) is 5.09. The van der Waals surface area contributed by atoms with Crippen molar-refractivity contribution in [3.63, 3.8) is 0 Å². The van der Waals surface area contributed by atoms with Crippen LogP contribution in [0.1, 0.15) is 56.8 Å². The number of nitrogens with one attached hydrogen (secondary N) is 1. The summed E-state index contributed by atoms with van der Waals surface area (Å²) < 4.78 is 5.23. The molecule has 3 rings (SSSR count). The molecule has 4 heteroatoms. The van der Waals surface area contributed by atoms with Gasteiger partial charge >= 0.3 is 0 Å². The number of furan rings is 1. The molecule has 4 nitrogen and oxygen atoms in total. The van der Waals surface area contributed by atoms with Gasteiger partial charge in [-0.3, -0.25) is 0 Å². The lowest BCUT2D eigenvalue weighted by molar-refractivity contribution is 0.103. The zero-order valence-electron chi connectivity index (χ0n) is 12.8. The lowest BCUT2D eigenvalue weighted by atomic mass is 9.92. The van der Waals surface area contributed by atoms with Gasteiger partial charge in [-0.05, 0) is 50.9 Å². The van der Waals surface area contributed by atoms with Gasteiger partial charge in [-0.25, -0.2) is 0 Å². The van der Waals surface area contributed by atoms with Gasteiger partial charge in [0.2, 0.25) is 0 Å². The first-order chi connectivity index (χ1) is 10.3. The van der Waals surface area contributed by atoms with Crippen molar-refractivity contribution in [1.29, 1.82) is 0 Å². The van der Waals surface area contributed by atoms with E-state index in [2.05, 4.69) is 10.2 Å². The zero-order chi connectivity index (χ0) is 14.5. The summed E-state index contributed by atoms with van der Waals surface area (Å²) in [5.74, 6) is 0.655. The smallest absolute Gasteiger partial charge is 0.133 e. The highest BCUT2D eigenvalue weighted by Crippen LogP contribution is 2.25. The molecule has 0 amide bonds.